The molecule has 0 heterocycles. The molecule has 144 valence electrons. The molecule has 2 unspecified atom stereocenters. The largest absolute Gasteiger partial charge is 0.111 e. The summed E-state index contributed by atoms with van der Waals surface area (Å²) in [5, 5.41) is 5.13. The molecule has 0 saturated heterocycles. The predicted molar refractivity (Wildman–Crippen MR) is 125 cm³/mol. The Bertz CT molecular complexity index is 746. The number of allylic oxidation sites excluding steroid dienone is 4. The van der Waals surface area contributed by atoms with Gasteiger partial charge in [-0.15, -0.1) is 0 Å². The molecule has 2 rings (SSSR count). The quantitative estimate of drug-likeness (QED) is 0.493. The minimum Gasteiger partial charge on any atom is -0.0660 e. The fourth-order valence-corrected chi connectivity index (χ4v) is 11.3. The fourth-order valence-electron chi connectivity index (χ4n) is 4.75. The smallest absolute Gasteiger partial charge is 0.0660 e. The number of hydrogen-bond donors (Lipinski definition) is 0. The van der Waals surface area contributed by atoms with E-state index in [0.29, 0.717) is 5.92 Å². The number of hydrogen-bond acceptors (Lipinski definition) is 0. The van der Waals surface area contributed by atoms with Crippen molar-refractivity contribution in [2.24, 2.45) is 5.92 Å². The molecule has 26 heavy (non-hydrogen) atoms. The van der Waals surface area contributed by atoms with Gasteiger partial charge in [-0.2, -0.15) is 0 Å². The topological polar surface area (TPSA) is 0 Å². The average Bonchev–Trinajstić information content (AvgIpc) is 2.75. The summed E-state index contributed by atoms with van der Waals surface area (Å²) in [5.74, 6) is 0.624. The Kier molecular flexibility index (Phi) is 6.29. The molecule has 0 bridgehead atoms. The third-order valence-electron chi connectivity index (χ3n) is 6.85. The standard InChI is InChI=1S/C24H40Si2/c1-11-12-13-26(10,24-20(5)18(3)19(4)21(24)6)23-15-17(2)14-22(16-23)25(7,8)9/h14-16,20H,11-13H2,1-10H3. The lowest BCUT2D eigenvalue weighted by Crippen LogP contribution is -2.51. The van der Waals surface area contributed by atoms with E-state index in [-0.39, 0.29) is 0 Å². The monoisotopic (exact) mass is 384 g/mol. The van der Waals surface area contributed by atoms with Gasteiger partial charge in [0.15, 0.2) is 0 Å². The van der Waals surface area contributed by atoms with Crippen LogP contribution in [-0.2, 0) is 0 Å². The first kappa shape index (κ1) is 21.4. The molecule has 0 radical (unpaired) electrons. The van der Waals surface area contributed by atoms with Gasteiger partial charge < -0.3 is 0 Å². The number of unbranched alkanes of at least 4 members (excludes halogenated alkanes) is 1. The van der Waals surface area contributed by atoms with Crippen LogP contribution >= 0.6 is 0 Å². The van der Waals surface area contributed by atoms with Crippen LogP contribution in [0, 0.1) is 12.8 Å². The van der Waals surface area contributed by atoms with Crippen LogP contribution in [0.15, 0.2) is 40.1 Å². The maximum atomic E-state index is 2.66. The molecule has 2 atom stereocenters. The molecule has 0 aromatic heterocycles. The van der Waals surface area contributed by atoms with Crippen molar-refractivity contribution in [1.29, 1.82) is 0 Å². The Morgan fingerprint density at radius 1 is 0.846 bits per heavy atom. The number of aryl methyl sites for hydroxylation is 1. The average molecular weight is 385 g/mol. The van der Waals surface area contributed by atoms with Crippen molar-refractivity contribution in [3.05, 3.63) is 45.7 Å². The second-order valence-corrected chi connectivity index (χ2v) is 19.2. The second kappa shape index (κ2) is 7.63. The van der Waals surface area contributed by atoms with Gasteiger partial charge in [-0.25, -0.2) is 0 Å². The molecule has 0 nitrogen and oxygen atoms in total. The van der Waals surface area contributed by atoms with Crippen molar-refractivity contribution in [3.63, 3.8) is 0 Å². The first-order valence-electron chi connectivity index (χ1n) is 10.4. The van der Waals surface area contributed by atoms with Crippen LogP contribution in [0.1, 0.15) is 53.0 Å². The Morgan fingerprint density at radius 2 is 1.42 bits per heavy atom. The first-order valence-corrected chi connectivity index (χ1v) is 16.7. The van der Waals surface area contributed by atoms with Crippen molar-refractivity contribution in [3.8, 4) is 0 Å². The van der Waals surface area contributed by atoms with Crippen LogP contribution in [0.2, 0.25) is 32.2 Å². The van der Waals surface area contributed by atoms with E-state index in [1.807, 2.05) is 5.20 Å². The highest BCUT2D eigenvalue weighted by Gasteiger charge is 2.41. The summed E-state index contributed by atoms with van der Waals surface area (Å²) >= 11 is 0. The van der Waals surface area contributed by atoms with Crippen molar-refractivity contribution < 1.29 is 0 Å². The van der Waals surface area contributed by atoms with E-state index >= 15 is 0 Å². The Labute approximate surface area is 164 Å². The highest BCUT2D eigenvalue weighted by Crippen LogP contribution is 2.43. The van der Waals surface area contributed by atoms with Crippen LogP contribution in [0.3, 0.4) is 0 Å². The van der Waals surface area contributed by atoms with Crippen molar-refractivity contribution in [2.45, 2.75) is 86.6 Å². The maximum absolute atomic E-state index is 2.66. The van der Waals surface area contributed by atoms with Gasteiger partial charge in [-0.3, -0.25) is 0 Å². The fraction of sp³-hybridized carbons (Fsp3) is 0.583. The minimum absolute atomic E-state index is 0.624. The van der Waals surface area contributed by atoms with Gasteiger partial charge in [0.25, 0.3) is 0 Å². The Morgan fingerprint density at radius 3 is 1.88 bits per heavy atom. The maximum Gasteiger partial charge on any atom is 0.111 e. The van der Waals surface area contributed by atoms with E-state index in [1.54, 1.807) is 27.1 Å². The van der Waals surface area contributed by atoms with Gasteiger partial charge in [0.1, 0.15) is 8.07 Å². The lowest BCUT2D eigenvalue weighted by Gasteiger charge is -2.35. The van der Waals surface area contributed by atoms with Gasteiger partial charge >= 0.3 is 0 Å². The van der Waals surface area contributed by atoms with Gasteiger partial charge in [0, 0.05) is 0 Å². The van der Waals surface area contributed by atoms with Crippen molar-refractivity contribution >= 4 is 26.5 Å². The zero-order valence-corrected chi connectivity index (χ0v) is 20.9. The van der Waals surface area contributed by atoms with Gasteiger partial charge in [-0.1, -0.05) is 103 Å². The summed E-state index contributed by atoms with van der Waals surface area (Å²) in [6.07, 6.45) is 2.64. The summed E-state index contributed by atoms with van der Waals surface area (Å²) < 4.78 is 0. The summed E-state index contributed by atoms with van der Waals surface area (Å²) in [7, 11) is -3.02. The summed E-state index contributed by atoms with van der Waals surface area (Å²) in [4.78, 5) is 0. The van der Waals surface area contributed by atoms with Gasteiger partial charge in [-0.05, 0) is 45.2 Å². The zero-order valence-electron chi connectivity index (χ0n) is 18.9. The molecule has 0 amide bonds. The van der Waals surface area contributed by atoms with Crippen LogP contribution < -0.4 is 10.4 Å². The molecular weight excluding hydrogens is 344 g/mol. The van der Waals surface area contributed by atoms with Crippen molar-refractivity contribution in [2.75, 3.05) is 0 Å². The number of rotatable bonds is 6. The second-order valence-electron chi connectivity index (χ2n) is 9.84. The molecule has 1 aliphatic rings. The van der Waals surface area contributed by atoms with Crippen molar-refractivity contribution in [1.82, 2.24) is 0 Å². The summed E-state index contributed by atoms with van der Waals surface area (Å²) in [6, 6.07) is 8.99. The summed E-state index contributed by atoms with van der Waals surface area (Å²) in [5.41, 5.74) is 6.23. The van der Waals surface area contributed by atoms with E-state index in [9.17, 15) is 0 Å². The molecule has 0 saturated carbocycles. The van der Waals surface area contributed by atoms with E-state index < -0.39 is 16.1 Å². The Hall–Kier alpha value is -0.866. The molecular formula is C24H40Si2. The molecule has 2 heteroatoms. The minimum atomic E-state index is -1.70. The highest BCUT2D eigenvalue weighted by molar-refractivity contribution is 6.97. The van der Waals surface area contributed by atoms with E-state index in [1.165, 1.54) is 24.4 Å². The molecule has 0 N–H and O–H groups in total. The van der Waals surface area contributed by atoms with E-state index in [0.717, 1.165) is 0 Å². The molecule has 1 aromatic carbocycles. The SMILES string of the molecule is CCCC[Si](C)(C1=C(C)C(C)=C(C)C1C)c1cc(C)cc([Si](C)(C)C)c1. The molecule has 0 aliphatic heterocycles. The van der Waals surface area contributed by atoms with Crippen LogP contribution in [0.25, 0.3) is 0 Å². The normalized spacial score (nSPS) is 20.8. The molecule has 0 spiro atoms. The van der Waals surface area contributed by atoms with Crippen LogP contribution in [0.4, 0.5) is 0 Å². The van der Waals surface area contributed by atoms with E-state index in [4.69, 9.17) is 0 Å². The van der Waals surface area contributed by atoms with Crippen LogP contribution in [-0.4, -0.2) is 16.1 Å². The third kappa shape index (κ3) is 3.87. The van der Waals surface area contributed by atoms with Crippen LogP contribution in [0.5, 0.6) is 0 Å². The van der Waals surface area contributed by atoms with Gasteiger partial charge in [0.2, 0.25) is 0 Å². The van der Waals surface area contributed by atoms with Gasteiger partial charge in [0.05, 0.1) is 8.07 Å². The number of benzene rings is 1. The lowest BCUT2D eigenvalue weighted by atomic mass is 10.1. The molecule has 1 aromatic rings. The molecule has 1 aliphatic carbocycles. The first-order chi connectivity index (χ1) is 11.9. The van der Waals surface area contributed by atoms with E-state index in [2.05, 4.69) is 85.9 Å². The predicted octanol–water partition coefficient (Wildman–Crippen LogP) is 6.47. The highest BCUT2D eigenvalue weighted by atomic mass is 28.3. The third-order valence-corrected chi connectivity index (χ3v) is 13.8. The Balaban J connectivity index is 2.68. The summed E-state index contributed by atoms with van der Waals surface area (Å²) in [6.45, 7) is 24.3. The zero-order chi connectivity index (χ0) is 19.9. The molecule has 0 fully saturated rings. The lowest BCUT2D eigenvalue weighted by molar-refractivity contribution is 0.829.